The highest BCUT2D eigenvalue weighted by molar-refractivity contribution is 7.89. The molecule has 4 saturated carbocycles. The van der Waals surface area contributed by atoms with Crippen LogP contribution in [-0.4, -0.2) is 31.2 Å². The maximum Gasteiger partial charge on any atom is 0.264 e. The van der Waals surface area contributed by atoms with Gasteiger partial charge in [0.2, 0.25) is 0 Å². The Kier molecular flexibility index (Phi) is 6.05. The van der Waals surface area contributed by atoms with Gasteiger partial charge in [0.25, 0.3) is 15.9 Å². The summed E-state index contributed by atoms with van der Waals surface area (Å²) in [4.78, 5) is 13.9. The van der Waals surface area contributed by atoms with Crippen molar-refractivity contribution in [1.82, 2.24) is 9.62 Å². The molecule has 2 unspecified atom stereocenters. The van der Waals surface area contributed by atoms with E-state index < -0.39 is 10.0 Å². The monoisotopic (exact) mass is 510 g/mol. The van der Waals surface area contributed by atoms with Crippen LogP contribution >= 0.6 is 0 Å². The first-order valence-corrected chi connectivity index (χ1v) is 15.8. The summed E-state index contributed by atoms with van der Waals surface area (Å²) in [6.07, 6.45) is 15.1. The Balaban J connectivity index is 1.27. The largest absolute Gasteiger partial charge is 0.349 e. The number of sulfonamides is 1. The van der Waals surface area contributed by atoms with Crippen molar-refractivity contribution in [1.29, 1.82) is 0 Å². The summed E-state index contributed by atoms with van der Waals surface area (Å²) in [5, 5.41) is 3.34. The Hall–Kier alpha value is -1.82. The van der Waals surface area contributed by atoms with Gasteiger partial charge >= 0.3 is 0 Å². The van der Waals surface area contributed by atoms with Gasteiger partial charge in [0.05, 0.1) is 4.90 Å². The summed E-state index contributed by atoms with van der Waals surface area (Å²) in [5.41, 5.74) is 3.28. The minimum absolute atomic E-state index is 0.107. The molecule has 5 nitrogen and oxygen atoms in total. The zero-order valence-corrected chi connectivity index (χ0v) is 23.0. The molecule has 1 heterocycles. The number of allylic oxidation sites excluding steroid dienone is 2. The third-order valence-electron chi connectivity index (χ3n) is 10.5. The first kappa shape index (κ1) is 24.5. The lowest BCUT2D eigenvalue weighted by atomic mass is 9.48. The van der Waals surface area contributed by atoms with Gasteiger partial charge in [-0.05, 0) is 144 Å². The van der Waals surface area contributed by atoms with Crippen molar-refractivity contribution in [2.24, 2.45) is 29.1 Å². The lowest BCUT2D eigenvalue weighted by molar-refractivity contribution is -0.0688. The number of benzene rings is 1. The number of nitrogens with zero attached hydrogens (tertiary/aromatic N) is 1. The Morgan fingerprint density at radius 2 is 1.67 bits per heavy atom. The molecule has 1 amide bonds. The van der Waals surface area contributed by atoms with E-state index in [-0.39, 0.29) is 17.4 Å². The summed E-state index contributed by atoms with van der Waals surface area (Å²) in [6, 6.07) is 3.62. The maximum atomic E-state index is 14.0. The minimum atomic E-state index is -3.72. The number of nitrogens with one attached hydrogen (secondary N) is 1. The third-order valence-corrected chi connectivity index (χ3v) is 12.5. The summed E-state index contributed by atoms with van der Waals surface area (Å²) in [5.74, 6) is 2.70. The first-order valence-electron chi connectivity index (χ1n) is 14.3. The van der Waals surface area contributed by atoms with Crippen molar-refractivity contribution >= 4 is 15.9 Å². The van der Waals surface area contributed by atoms with E-state index in [2.05, 4.69) is 18.3 Å². The van der Waals surface area contributed by atoms with Gasteiger partial charge in [0.15, 0.2) is 0 Å². The Labute approximate surface area is 217 Å². The molecular formula is C30H42N2O3S. The van der Waals surface area contributed by atoms with Crippen LogP contribution in [0, 0.1) is 42.9 Å². The number of rotatable bonds is 5. The second kappa shape index (κ2) is 8.89. The average Bonchev–Trinajstić information content (AvgIpc) is 2.84. The van der Waals surface area contributed by atoms with E-state index in [9.17, 15) is 13.2 Å². The molecule has 0 radical (unpaired) electrons. The molecule has 1 aromatic carbocycles. The van der Waals surface area contributed by atoms with Gasteiger partial charge in [-0.25, -0.2) is 8.42 Å². The predicted octanol–water partition coefficient (Wildman–Crippen LogP) is 6.11. The second-order valence-corrected chi connectivity index (χ2v) is 14.7. The maximum absolute atomic E-state index is 14.0. The minimum Gasteiger partial charge on any atom is -0.349 e. The van der Waals surface area contributed by atoms with Gasteiger partial charge in [-0.1, -0.05) is 6.08 Å². The SMILES string of the molecule is Cc1cc(C(=O)NC(C)C23CC4CC(CC(C4)C2)C3)cc(S(=O)(=O)N2CCCC3CCCC=C32)c1C. The van der Waals surface area contributed by atoms with Crippen molar-refractivity contribution in [2.75, 3.05) is 6.54 Å². The molecule has 6 heteroatoms. The highest BCUT2D eigenvalue weighted by Crippen LogP contribution is 2.61. The standard InChI is InChI=1S/C30H42N2O3S/c1-19-11-26(29(33)31-21(3)30-16-22-12-23(17-30)14-24(13-22)18-30)15-28(20(19)2)36(34,35)32-10-6-8-25-7-4-5-9-27(25)32/h9,11,15,21-25H,4-8,10,12-14,16-18H2,1-3H3,(H,31,33). The number of hydrogen-bond acceptors (Lipinski definition) is 3. The van der Waals surface area contributed by atoms with Crippen LogP contribution in [0.3, 0.4) is 0 Å². The van der Waals surface area contributed by atoms with Crippen LogP contribution in [0.25, 0.3) is 0 Å². The Morgan fingerprint density at radius 1 is 1.03 bits per heavy atom. The smallest absolute Gasteiger partial charge is 0.264 e. The summed E-state index contributed by atoms with van der Waals surface area (Å²) in [6.45, 7) is 6.51. The van der Waals surface area contributed by atoms with Gasteiger partial charge in [-0.2, -0.15) is 0 Å². The Bertz CT molecular complexity index is 1170. The van der Waals surface area contributed by atoms with Crippen LogP contribution in [0.2, 0.25) is 0 Å². The number of amides is 1. The van der Waals surface area contributed by atoms with Crippen LogP contribution in [0.4, 0.5) is 0 Å². The van der Waals surface area contributed by atoms with Gasteiger partial charge < -0.3 is 5.32 Å². The second-order valence-electron chi connectivity index (χ2n) is 12.9. The number of piperidine rings is 1. The summed E-state index contributed by atoms with van der Waals surface area (Å²) >= 11 is 0. The number of hydrogen-bond donors (Lipinski definition) is 1. The topological polar surface area (TPSA) is 66.5 Å². The number of fused-ring (bicyclic) bond motifs is 1. The van der Waals surface area contributed by atoms with Crippen molar-refractivity contribution in [3.8, 4) is 0 Å². The molecule has 4 bridgehead atoms. The van der Waals surface area contributed by atoms with Crippen molar-refractivity contribution in [3.63, 3.8) is 0 Å². The van der Waals surface area contributed by atoms with Gasteiger partial charge in [0.1, 0.15) is 0 Å². The highest BCUT2D eigenvalue weighted by atomic mass is 32.2. The van der Waals surface area contributed by atoms with Crippen molar-refractivity contribution in [3.05, 3.63) is 40.6 Å². The molecule has 196 valence electrons. The predicted molar refractivity (Wildman–Crippen MR) is 142 cm³/mol. The van der Waals surface area contributed by atoms with Crippen LogP contribution in [0.5, 0.6) is 0 Å². The fourth-order valence-electron chi connectivity index (χ4n) is 8.88. The van der Waals surface area contributed by atoms with E-state index in [4.69, 9.17) is 0 Å². The van der Waals surface area contributed by atoms with Crippen LogP contribution in [-0.2, 0) is 10.0 Å². The molecule has 6 aliphatic rings. The summed E-state index contributed by atoms with van der Waals surface area (Å²) in [7, 11) is -3.72. The molecule has 5 fully saturated rings. The van der Waals surface area contributed by atoms with E-state index in [0.29, 0.717) is 22.9 Å². The van der Waals surface area contributed by atoms with E-state index in [0.717, 1.165) is 66.7 Å². The van der Waals surface area contributed by atoms with Gasteiger partial charge in [0, 0.05) is 23.8 Å². The molecular weight excluding hydrogens is 468 g/mol. The number of carbonyl (C=O) groups is 1. The first-order chi connectivity index (χ1) is 17.2. The zero-order valence-electron chi connectivity index (χ0n) is 22.2. The number of carbonyl (C=O) groups excluding carboxylic acids is 1. The molecule has 1 N–H and O–H groups in total. The van der Waals surface area contributed by atoms with E-state index >= 15 is 0 Å². The van der Waals surface area contributed by atoms with Gasteiger partial charge in [-0.15, -0.1) is 0 Å². The Morgan fingerprint density at radius 3 is 2.33 bits per heavy atom. The quantitative estimate of drug-likeness (QED) is 0.520. The molecule has 0 spiro atoms. The third kappa shape index (κ3) is 4.02. The van der Waals surface area contributed by atoms with E-state index in [1.807, 2.05) is 19.9 Å². The highest BCUT2D eigenvalue weighted by Gasteiger charge is 2.53. The average molecular weight is 511 g/mol. The normalized spacial score (nSPS) is 34.2. The van der Waals surface area contributed by atoms with Crippen molar-refractivity contribution in [2.45, 2.75) is 102 Å². The molecule has 1 aliphatic heterocycles. The lowest BCUT2D eigenvalue weighted by Crippen LogP contribution is -2.55. The molecule has 0 aromatic heterocycles. The fourth-order valence-corrected chi connectivity index (χ4v) is 10.8. The zero-order chi connectivity index (χ0) is 25.2. The van der Waals surface area contributed by atoms with Crippen LogP contribution < -0.4 is 5.32 Å². The summed E-state index contributed by atoms with van der Waals surface area (Å²) < 4.78 is 29.6. The van der Waals surface area contributed by atoms with Gasteiger partial charge in [-0.3, -0.25) is 9.10 Å². The molecule has 36 heavy (non-hydrogen) atoms. The molecule has 7 rings (SSSR count). The number of aryl methyl sites for hydroxylation is 1. The van der Waals surface area contributed by atoms with Crippen molar-refractivity contribution < 1.29 is 13.2 Å². The van der Waals surface area contributed by atoms with Crippen LogP contribution in [0.1, 0.15) is 99.0 Å². The molecule has 1 aromatic rings. The molecule has 5 aliphatic carbocycles. The van der Waals surface area contributed by atoms with E-state index in [1.165, 1.54) is 38.5 Å². The lowest BCUT2D eigenvalue weighted by Gasteiger charge is -2.59. The molecule has 2 atom stereocenters. The fraction of sp³-hybridized carbons (Fsp3) is 0.700. The van der Waals surface area contributed by atoms with E-state index in [1.54, 1.807) is 10.4 Å². The molecule has 1 saturated heterocycles. The van der Waals surface area contributed by atoms with Crippen LogP contribution in [0.15, 0.2) is 28.8 Å².